The van der Waals surface area contributed by atoms with Crippen molar-refractivity contribution in [3.8, 4) is 5.75 Å². The number of aromatic nitrogens is 2. The Morgan fingerprint density at radius 1 is 1.43 bits per heavy atom. The number of ether oxygens (including phenoxy) is 1. The molecule has 0 fully saturated rings. The summed E-state index contributed by atoms with van der Waals surface area (Å²) in [5, 5.41) is 2.76. The number of nitrogens with zero attached hydrogens (tertiary/aromatic N) is 2. The number of carbonyl (C=O) groups is 1. The molecule has 1 amide bonds. The Morgan fingerprint density at radius 2 is 2.19 bits per heavy atom. The highest BCUT2D eigenvalue weighted by atomic mass is 19.1. The summed E-state index contributed by atoms with van der Waals surface area (Å²) in [6, 6.07) is 4.14. The lowest BCUT2D eigenvalue weighted by Gasteiger charge is -2.10. The van der Waals surface area contributed by atoms with Gasteiger partial charge in [-0.15, -0.1) is 0 Å². The van der Waals surface area contributed by atoms with E-state index in [4.69, 9.17) is 4.74 Å². The van der Waals surface area contributed by atoms with E-state index in [0.29, 0.717) is 13.1 Å². The number of halogens is 1. The number of methoxy groups -OCH3 is 1. The molecular weight excluding hydrogens is 273 g/mol. The molecule has 112 valence electrons. The fourth-order valence-corrected chi connectivity index (χ4v) is 2.11. The van der Waals surface area contributed by atoms with E-state index in [0.717, 1.165) is 11.5 Å². The second-order valence-corrected chi connectivity index (χ2v) is 4.70. The van der Waals surface area contributed by atoms with Gasteiger partial charge in [0, 0.05) is 30.5 Å². The third-order valence-corrected chi connectivity index (χ3v) is 3.29. The Balaban J connectivity index is 1.94. The minimum absolute atomic E-state index is 0.121. The van der Waals surface area contributed by atoms with Crippen molar-refractivity contribution in [2.45, 2.75) is 20.4 Å². The van der Waals surface area contributed by atoms with Crippen LogP contribution in [0.5, 0.6) is 5.75 Å². The first-order valence-corrected chi connectivity index (χ1v) is 6.63. The Kier molecular flexibility index (Phi) is 4.57. The third kappa shape index (κ3) is 3.39. The number of benzene rings is 1. The Hall–Kier alpha value is -2.37. The summed E-state index contributed by atoms with van der Waals surface area (Å²) >= 11 is 0. The van der Waals surface area contributed by atoms with Gasteiger partial charge in [0.05, 0.1) is 7.11 Å². The predicted molar refractivity (Wildman–Crippen MR) is 77.0 cm³/mol. The van der Waals surface area contributed by atoms with Crippen molar-refractivity contribution >= 4 is 5.91 Å². The lowest BCUT2D eigenvalue weighted by Crippen LogP contribution is -2.27. The van der Waals surface area contributed by atoms with Gasteiger partial charge in [-0.3, -0.25) is 4.79 Å². The van der Waals surface area contributed by atoms with E-state index in [1.807, 2.05) is 18.4 Å². The van der Waals surface area contributed by atoms with Gasteiger partial charge >= 0.3 is 0 Å². The molecule has 0 spiro atoms. The van der Waals surface area contributed by atoms with Crippen molar-refractivity contribution in [2.24, 2.45) is 0 Å². The minimum Gasteiger partial charge on any atom is -0.494 e. The molecule has 0 aliphatic carbocycles. The van der Waals surface area contributed by atoms with Gasteiger partial charge < -0.3 is 14.6 Å². The minimum atomic E-state index is -0.550. The van der Waals surface area contributed by atoms with Crippen LogP contribution in [0.4, 0.5) is 4.39 Å². The Morgan fingerprint density at radius 3 is 2.76 bits per heavy atom. The molecular formula is C15H18FN3O2. The highest BCUT2D eigenvalue weighted by Gasteiger charge is 2.10. The van der Waals surface area contributed by atoms with E-state index in [9.17, 15) is 9.18 Å². The number of imidazole rings is 1. The molecule has 1 aromatic heterocycles. The molecule has 0 aliphatic heterocycles. The summed E-state index contributed by atoms with van der Waals surface area (Å²) in [7, 11) is 1.38. The lowest BCUT2D eigenvalue weighted by molar-refractivity contribution is 0.0951. The number of nitrogens with one attached hydrogen (secondary N) is 1. The first kappa shape index (κ1) is 15.0. The molecule has 0 radical (unpaired) electrons. The Bertz CT molecular complexity index is 633. The molecule has 1 aromatic carbocycles. The van der Waals surface area contributed by atoms with Gasteiger partial charge in [-0.1, -0.05) is 0 Å². The maximum atomic E-state index is 13.5. The van der Waals surface area contributed by atoms with Gasteiger partial charge in [0.25, 0.3) is 5.91 Å². The van der Waals surface area contributed by atoms with Crippen molar-refractivity contribution in [2.75, 3.05) is 13.7 Å². The zero-order valence-corrected chi connectivity index (χ0v) is 12.3. The molecule has 0 bridgehead atoms. The quantitative estimate of drug-likeness (QED) is 0.917. The summed E-state index contributed by atoms with van der Waals surface area (Å²) < 4.78 is 20.4. The van der Waals surface area contributed by atoms with E-state index in [1.165, 1.54) is 25.3 Å². The molecule has 0 saturated heterocycles. The molecule has 21 heavy (non-hydrogen) atoms. The lowest BCUT2D eigenvalue weighted by atomic mass is 10.2. The molecule has 0 unspecified atom stereocenters. The van der Waals surface area contributed by atoms with Crippen molar-refractivity contribution in [1.29, 1.82) is 0 Å². The van der Waals surface area contributed by atoms with Crippen molar-refractivity contribution in [3.05, 3.63) is 47.3 Å². The van der Waals surface area contributed by atoms with E-state index < -0.39 is 5.82 Å². The standard InChI is InChI=1S/C15H18FN3O2/c1-10-9-18-11(2)19(10)7-6-17-15(20)12-4-5-14(21-3)13(16)8-12/h4-5,8-9H,6-7H2,1-3H3,(H,17,20). The van der Waals surface area contributed by atoms with Crippen LogP contribution in [0.2, 0.25) is 0 Å². The van der Waals surface area contributed by atoms with Crippen LogP contribution < -0.4 is 10.1 Å². The molecule has 6 heteroatoms. The van der Waals surface area contributed by atoms with Crippen molar-refractivity contribution < 1.29 is 13.9 Å². The second kappa shape index (κ2) is 6.39. The SMILES string of the molecule is COc1ccc(C(=O)NCCn2c(C)cnc2C)cc1F. The van der Waals surface area contributed by atoms with Crippen LogP contribution in [0.3, 0.4) is 0 Å². The zero-order chi connectivity index (χ0) is 15.4. The van der Waals surface area contributed by atoms with E-state index >= 15 is 0 Å². The number of amides is 1. The fraction of sp³-hybridized carbons (Fsp3) is 0.333. The van der Waals surface area contributed by atoms with Crippen LogP contribution in [0.15, 0.2) is 24.4 Å². The summed E-state index contributed by atoms with van der Waals surface area (Å²) in [5.74, 6) is 0.159. The average Bonchev–Trinajstić information content (AvgIpc) is 2.78. The number of rotatable bonds is 5. The van der Waals surface area contributed by atoms with Gasteiger partial charge in [0.1, 0.15) is 5.82 Å². The molecule has 0 aliphatic rings. The van der Waals surface area contributed by atoms with Crippen LogP contribution in [0.25, 0.3) is 0 Å². The van der Waals surface area contributed by atoms with Crippen LogP contribution in [-0.4, -0.2) is 29.1 Å². The van der Waals surface area contributed by atoms with Crippen LogP contribution >= 0.6 is 0 Å². The number of hydrogen-bond donors (Lipinski definition) is 1. The smallest absolute Gasteiger partial charge is 0.251 e. The van der Waals surface area contributed by atoms with E-state index in [2.05, 4.69) is 10.3 Å². The van der Waals surface area contributed by atoms with Gasteiger partial charge in [0.2, 0.25) is 0 Å². The maximum Gasteiger partial charge on any atom is 0.251 e. The topological polar surface area (TPSA) is 56.1 Å². The first-order chi connectivity index (χ1) is 10.0. The molecule has 2 aromatic rings. The largest absolute Gasteiger partial charge is 0.494 e. The molecule has 1 heterocycles. The maximum absolute atomic E-state index is 13.5. The normalized spacial score (nSPS) is 10.5. The number of aryl methyl sites for hydroxylation is 2. The predicted octanol–water partition coefficient (Wildman–Crippen LogP) is 2.08. The average molecular weight is 291 g/mol. The highest BCUT2D eigenvalue weighted by molar-refractivity contribution is 5.94. The second-order valence-electron chi connectivity index (χ2n) is 4.70. The summed E-state index contributed by atoms with van der Waals surface area (Å²) in [5.41, 5.74) is 1.31. The zero-order valence-electron chi connectivity index (χ0n) is 12.3. The van der Waals surface area contributed by atoms with E-state index in [1.54, 1.807) is 6.20 Å². The van der Waals surface area contributed by atoms with Gasteiger partial charge in [-0.05, 0) is 32.0 Å². The molecule has 0 atom stereocenters. The van der Waals surface area contributed by atoms with Crippen LogP contribution in [0.1, 0.15) is 21.9 Å². The fourth-order valence-electron chi connectivity index (χ4n) is 2.11. The van der Waals surface area contributed by atoms with E-state index in [-0.39, 0.29) is 17.2 Å². The highest BCUT2D eigenvalue weighted by Crippen LogP contribution is 2.17. The van der Waals surface area contributed by atoms with Crippen LogP contribution in [0, 0.1) is 19.7 Å². The molecule has 2 rings (SSSR count). The van der Waals surface area contributed by atoms with Gasteiger partial charge in [0.15, 0.2) is 11.6 Å². The Labute approximate surface area is 122 Å². The van der Waals surface area contributed by atoms with Gasteiger partial charge in [-0.25, -0.2) is 9.37 Å². The monoisotopic (exact) mass is 291 g/mol. The first-order valence-electron chi connectivity index (χ1n) is 6.63. The third-order valence-electron chi connectivity index (χ3n) is 3.29. The van der Waals surface area contributed by atoms with Crippen molar-refractivity contribution in [3.63, 3.8) is 0 Å². The summed E-state index contributed by atoms with van der Waals surface area (Å²) in [6.45, 7) is 4.95. The summed E-state index contributed by atoms with van der Waals surface area (Å²) in [6.07, 6.45) is 1.79. The van der Waals surface area contributed by atoms with Crippen molar-refractivity contribution in [1.82, 2.24) is 14.9 Å². The van der Waals surface area contributed by atoms with Gasteiger partial charge in [-0.2, -0.15) is 0 Å². The molecule has 5 nitrogen and oxygen atoms in total. The van der Waals surface area contributed by atoms with Crippen LogP contribution in [-0.2, 0) is 6.54 Å². The molecule has 0 saturated carbocycles. The number of hydrogen-bond acceptors (Lipinski definition) is 3. The molecule has 1 N–H and O–H groups in total. The number of carbonyl (C=O) groups excluding carboxylic acids is 1. The summed E-state index contributed by atoms with van der Waals surface area (Å²) in [4.78, 5) is 16.1.